The summed E-state index contributed by atoms with van der Waals surface area (Å²) in [6.45, 7) is 0.522. The van der Waals surface area contributed by atoms with Crippen LogP contribution in [0.3, 0.4) is 0 Å². The summed E-state index contributed by atoms with van der Waals surface area (Å²) in [5.74, 6) is 1.53. The van der Waals surface area contributed by atoms with Gasteiger partial charge in [0.2, 0.25) is 6.79 Å². The molecule has 8 nitrogen and oxygen atoms in total. The van der Waals surface area contributed by atoms with E-state index >= 15 is 0 Å². The van der Waals surface area contributed by atoms with E-state index in [4.69, 9.17) is 18.9 Å². The van der Waals surface area contributed by atoms with Crippen molar-refractivity contribution in [1.82, 2.24) is 5.43 Å². The van der Waals surface area contributed by atoms with Gasteiger partial charge in [0.15, 0.2) is 23.0 Å². The molecule has 1 saturated heterocycles. The van der Waals surface area contributed by atoms with Crippen molar-refractivity contribution >= 4 is 23.6 Å². The summed E-state index contributed by atoms with van der Waals surface area (Å²) in [4.78, 5) is 25.2. The number of fused-ring (bicyclic) bond motifs is 1. The van der Waals surface area contributed by atoms with Gasteiger partial charge >= 0.3 is 0 Å². The number of hydrazine groups is 1. The van der Waals surface area contributed by atoms with E-state index in [1.165, 1.54) is 18.2 Å². The van der Waals surface area contributed by atoms with E-state index in [2.05, 4.69) is 5.43 Å². The average molecular weight is 444 g/mol. The monoisotopic (exact) mass is 444 g/mol. The van der Waals surface area contributed by atoms with E-state index in [9.17, 15) is 9.59 Å². The predicted molar refractivity (Wildman–Crippen MR) is 120 cm³/mol. The number of rotatable bonds is 6. The Morgan fingerprint density at radius 1 is 0.970 bits per heavy atom. The number of ether oxygens (including phenoxy) is 4. The molecule has 0 atom stereocenters. The lowest BCUT2D eigenvalue weighted by atomic mass is 10.1. The van der Waals surface area contributed by atoms with Crippen molar-refractivity contribution in [2.45, 2.75) is 6.61 Å². The number of nitrogens with one attached hydrogen (secondary N) is 1. The number of amides is 2. The molecule has 0 aliphatic carbocycles. The molecule has 2 heterocycles. The summed E-state index contributed by atoms with van der Waals surface area (Å²) >= 11 is 0. The molecule has 2 aliphatic heterocycles. The Balaban J connectivity index is 1.33. The maximum Gasteiger partial charge on any atom is 0.282 e. The molecule has 166 valence electrons. The number of benzene rings is 3. The maximum absolute atomic E-state index is 12.8. The first-order chi connectivity index (χ1) is 16.1. The number of methoxy groups -OCH3 is 1. The van der Waals surface area contributed by atoms with E-state index in [1.807, 2.05) is 24.3 Å². The fourth-order valence-corrected chi connectivity index (χ4v) is 3.57. The van der Waals surface area contributed by atoms with Crippen LogP contribution in [-0.4, -0.2) is 25.7 Å². The van der Waals surface area contributed by atoms with E-state index in [0.717, 1.165) is 5.56 Å². The molecule has 0 saturated carbocycles. The lowest BCUT2D eigenvalue weighted by molar-refractivity contribution is -0.117. The highest BCUT2D eigenvalue weighted by molar-refractivity contribution is 6.31. The second kappa shape index (κ2) is 8.58. The van der Waals surface area contributed by atoms with E-state index in [1.54, 1.807) is 42.5 Å². The minimum atomic E-state index is -0.467. The molecule has 0 spiro atoms. The molecule has 0 radical (unpaired) electrons. The molecular formula is C25H20N2O6. The van der Waals surface area contributed by atoms with Gasteiger partial charge in [-0.05, 0) is 53.6 Å². The zero-order valence-corrected chi connectivity index (χ0v) is 17.7. The first-order valence-electron chi connectivity index (χ1n) is 10.2. The smallest absolute Gasteiger partial charge is 0.282 e. The van der Waals surface area contributed by atoms with Gasteiger partial charge in [-0.2, -0.15) is 0 Å². The van der Waals surface area contributed by atoms with Gasteiger partial charge in [0.05, 0.1) is 12.8 Å². The Bertz CT molecular complexity index is 1260. The third-order valence-electron chi connectivity index (χ3n) is 5.24. The fraction of sp³-hybridized carbons (Fsp3) is 0.120. The van der Waals surface area contributed by atoms with Gasteiger partial charge in [0.25, 0.3) is 11.8 Å². The minimum Gasteiger partial charge on any atom is -0.493 e. The van der Waals surface area contributed by atoms with Crippen LogP contribution >= 0.6 is 0 Å². The van der Waals surface area contributed by atoms with E-state index in [-0.39, 0.29) is 12.4 Å². The number of para-hydroxylation sites is 1. The summed E-state index contributed by atoms with van der Waals surface area (Å²) in [7, 11) is 1.53. The van der Waals surface area contributed by atoms with Crippen LogP contribution in [0.15, 0.2) is 72.3 Å². The van der Waals surface area contributed by atoms with Gasteiger partial charge in [0.1, 0.15) is 12.2 Å². The van der Waals surface area contributed by atoms with Gasteiger partial charge in [-0.15, -0.1) is 0 Å². The standard InChI is InChI=1S/C25H20N2O6/c1-30-22-12-16(11-19-24(28)26-27(25(19)29)18-5-3-2-4-6-18)7-9-20(22)31-14-17-8-10-21-23(13-17)33-15-32-21/h2-13H,14-15H2,1H3,(H,26,28)/b19-11-. The van der Waals surface area contributed by atoms with Crippen LogP contribution in [0.5, 0.6) is 23.0 Å². The molecule has 3 aromatic carbocycles. The lowest BCUT2D eigenvalue weighted by Gasteiger charge is -2.14. The van der Waals surface area contributed by atoms with Crippen molar-refractivity contribution in [3.8, 4) is 23.0 Å². The first kappa shape index (κ1) is 20.4. The van der Waals surface area contributed by atoms with Gasteiger partial charge < -0.3 is 18.9 Å². The van der Waals surface area contributed by atoms with Crippen molar-refractivity contribution in [2.75, 3.05) is 18.9 Å². The second-order valence-electron chi connectivity index (χ2n) is 7.36. The van der Waals surface area contributed by atoms with Crippen LogP contribution in [0.4, 0.5) is 5.69 Å². The normalized spacial score (nSPS) is 15.7. The van der Waals surface area contributed by atoms with Crippen LogP contribution in [-0.2, 0) is 16.2 Å². The Morgan fingerprint density at radius 3 is 2.61 bits per heavy atom. The maximum atomic E-state index is 12.8. The molecule has 33 heavy (non-hydrogen) atoms. The van der Waals surface area contributed by atoms with E-state index < -0.39 is 11.8 Å². The number of nitrogens with zero attached hydrogens (tertiary/aromatic N) is 1. The molecule has 1 N–H and O–H groups in total. The van der Waals surface area contributed by atoms with Crippen LogP contribution in [0, 0.1) is 0 Å². The second-order valence-corrected chi connectivity index (χ2v) is 7.36. The predicted octanol–water partition coefficient (Wildman–Crippen LogP) is 3.46. The number of anilines is 1. The van der Waals surface area contributed by atoms with Crippen LogP contribution in [0.1, 0.15) is 11.1 Å². The number of carbonyl (C=O) groups excluding carboxylic acids is 2. The molecule has 0 unspecified atom stereocenters. The SMILES string of the molecule is COc1cc(/C=C2/C(=O)NN(c3ccccc3)C2=O)ccc1OCc1ccc2c(c1)OCO2. The minimum absolute atomic E-state index is 0.0370. The van der Waals surface area contributed by atoms with Crippen LogP contribution in [0.2, 0.25) is 0 Å². The van der Waals surface area contributed by atoms with E-state index in [0.29, 0.717) is 40.9 Å². The van der Waals surface area contributed by atoms with Crippen molar-refractivity contribution in [2.24, 2.45) is 0 Å². The van der Waals surface area contributed by atoms with Crippen molar-refractivity contribution < 1.29 is 28.5 Å². The number of hydrogen-bond donors (Lipinski definition) is 1. The van der Waals surface area contributed by atoms with Gasteiger partial charge in [-0.3, -0.25) is 15.0 Å². The van der Waals surface area contributed by atoms with Crippen molar-refractivity contribution in [1.29, 1.82) is 0 Å². The highest BCUT2D eigenvalue weighted by atomic mass is 16.7. The molecule has 0 bridgehead atoms. The summed E-state index contributed by atoms with van der Waals surface area (Å²) in [5.41, 5.74) is 4.77. The quantitative estimate of drug-likeness (QED) is 0.463. The lowest BCUT2D eigenvalue weighted by Crippen LogP contribution is -2.35. The molecule has 3 aromatic rings. The molecule has 8 heteroatoms. The van der Waals surface area contributed by atoms with Gasteiger partial charge in [0, 0.05) is 0 Å². The van der Waals surface area contributed by atoms with Crippen molar-refractivity contribution in [3.05, 3.63) is 83.4 Å². The molecule has 2 aliphatic rings. The summed E-state index contributed by atoms with van der Waals surface area (Å²) < 4.78 is 22.1. The highest BCUT2D eigenvalue weighted by Gasteiger charge is 2.34. The van der Waals surface area contributed by atoms with Crippen LogP contribution < -0.4 is 29.4 Å². The zero-order valence-electron chi connectivity index (χ0n) is 17.7. The Labute approximate surface area is 189 Å². The summed E-state index contributed by atoms with van der Waals surface area (Å²) in [6.07, 6.45) is 1.53. The summed E-state index contributed by atoms with van der Waals surface area (Å²) in [6, 6.07) is 19.8. The molecular weight excluding hydrogens is 424 g/mol. The number of hydrogen-bond acceptors (Lipinski definition) is 6. The zero-order chi connectivity index (χ0) is 22.8. The molecule has 0 aromatic heterocycles. The molecule has 5 rings (SSSR count). The largest absolute Gasteiger partial charge is 0.493 e. The fourth-order valence-electron chi connectivity index (χ4n) is 3.57. The topological polar surface area (TPSA) is 86.3 Å². The van der Waals surface area contributed by atoms with Crippen molar-refractivity contribution in [3.63, 3.8) is 0 Å². The first-order valence-corrected chi connectivity index (χ1v) is 10.2. The average Bonchev–Trinajstić information content (AvgIpc) is 3.43. The van der Waals surface area contributed by atoms with Crippen LogP contribution in [0.25, 0.3) is 6.08 Å². The van der Waals surface area contributed by atoms with Gasteiger partial charge in [-0.1, -0.05) is 30.3 Å². The highest BCUT2D eigenvalue weighted by Crippen LogP contribution is 2.34. The van der Waals surface area contributed by atoms with Gasteiger partial charge in [-0.25, -0.2) is 5.01 Å². The number of carbonyl (C=O) groups is 2. The molecule has 2 amide bonds. The Morgan fingerprint density at radius 2 is 1.79 bits per heavy atom. The molecule has 1 fully saturated rings. The third-order valence-corrected chi connectivity index (χ3v) is 5.24. The third kappa shape index (κ3) is 4.06. The summed E-state index contributed by atoms with van der Waals surface area (Å²) in [5, 5.41) is 1.23. The Kier molecular flexibility index (Phi) is 5.32. The Hall–Kier alpha value is -4.46.